The van der Waals surface area contributed by atoms with Gasteiger partial charge >= 0.3 is 0 Å². The first-order valence-corrected chi connectivity index (χ1v) is 5.80. The number of rotatable bonds is 4. The number of hydrogen-bond acceptors (Lipinski definition) is 3. The number of hydrogen-bond donors (Lipinski definition) is 2. The summed E-state index contributed by atoms with van der Waals surface area (Å²) < 4.78 is 5.31. The maximum Gasteiger partial charge on any atom is 0.240 e. The minimum Gasteiger partial charge on any atom is -0.379 e. The van der Waals surface area contributed by atoms with Gasteiger partial charge in [-0.15, -0.1) is 0 Å². The molecule has 3 N–H and O–H groups in total. The Labute approximate surface area is 91.5 Å². The van der Waals surface area contributed by atoms with Gasteiger partial charge in [-0.25, -0.2) is 0 Å². The number of ether oxygens (including phenoxy) is 1. The number of nitrogens with one attached hydrogen (secondary N) is 1. The Hall–Kier alpha value is -0.610. The molecule has 88 valence electrons. The summed E-state index contributed by atoms with van der Waals surface area (Å²) in [6.45, 7) is 5.32. The molecule has 1 rings (SSSR count). The molecule has 1 saturated heterocycles. The van der Waals surface area contributed by atoms with Crippen molar-refractivity contribution >= 4 is 5.91 Å². The molecule has 0 aromatic heterocycles. The SMILES string of the molecule is CCC(N)(CC)C(=O)NC1CCCOC1. The first-order chi connectivity index (χ1) is 7.12. The lowest BCUT2D eigenvalue weighted by atomic mass is 9.92. The van der Waals surface area contributed by atoms with Crippen LogP contribution in [0, 0.1) is 0 Å². The number of amides is 1. The summed E-state index contributed by atoms with van der Waals surface area (Å²) >= 11 is 0. The molecule has 0 aromatic rings. The average Bonchev–Trinajstić information content (AvgIpc) is 2.29. The van der Waals surface area contributed by atoms with Crippen LogP contribution in [0.2, 0.25) is 0 Å². The summed E-state index contributed by atoms with van der Waals surface area (Å²) in [7, 11) is 0. The van der Waals surface area contributed by atoms with Crippen molar-refractivity contribution in [3.05, 3.63) is 0 Å². The van der Waals surface area contributed by atoms with E-state index in [1.807, 2.05) is 13.8 Å². The summed E-state index contributed by atoms with van der Waals surface area (Å²) in [6.07, 6.45) is 3.35. The lowest BCUT2D eigenvalue weighted by Crippen LogP contribution is -2.56. The van der Waals surface area contributed by atoms with Crippen molar-refractivity contribution in [2.24, 2.45) is 5.73 Å². The van der Waals surface area contributed by atoms with Gasteiger partial charge in [-0.2, -0.15) is 0 Å². The van der Waals surface area contributed by atoms with E-state index in [0.29, 0.717) is 19.4 Å². The third kappa shape index (κ3) is 3.18. The molecule has 0 aliphatic carbocycles. The van der Waals surface area contributed by atoms with Gasteiger partial charge < -0.3 is 15.8 Å². The zero-order chi connectivity index (χ0) is 11.3. The van der Waals surface area contributed by atoms with Crippen molar-refractivity contribution < 1.29 is 9.53 Å². The van der Waals surface area contributed by atoms with Crippen LogP contribution >= 0.6 is 0 Å². The second kappa shape index (κ2) is 5.47. The Morgan fingerprint density at radius 2 is 2.20 bits per heavy atom. The zero-order valence-electron chi connectivity index (χ0n) is 9.71. The van der Waals surface area contributed by atoms with Gasteiger partial charge in [-0.3, -0.25) is 4.79 Å². The molecular weight excluding hydrogens is 192 g/mol. The van der Waals surface area contributed by atoms with E-state index in [1.165, 1.54) is 0 Å². The topological polar surface area (TPSA) is 64.4 Å². The highest BCUT2D eigenvalue weighted by atomic mass is 16.5. The first kappa shape index (κ1) is 12.5. The van der Waals surface area contributed by atoms with E-state index in [0.717, 1.165) is 19.4 Å². The molecule has 0 bridgehead atoms. The molecule has 1 aliphatic rings. The molecule has 4 heteroatoms. The fraction of sp³-hybridized carbons (Fsp3) is 0.909. The summed E-state index contributed by atoms with van der Waals surface area (Å²) in [4.78, 5) is 11.9. The van der Waals surface area contributed by atoms with Gasteiger partial charge in [0.15, 0.2) is 0 Å². The molecule has 0 aromatic carbocycles. The fourth-order valence-electron chi connectivity index (χ4n) is 1.75. The average molecular weight is 214 g/mol. The maximum atomic E-state index is 11.9. The van der Waals surface area contributed by atoms with E-state index in [4.69, 9.17) is 10.5 Å². The molecule has 1 atom stereocenters. The van der Waals surface area contributed by atoms with Crippen molar-refractivity contribution in [3.8, 4) is 0 Å². The van der Waals surface area contributed by atoms with Crippen LogP contribution in [0.1, 0.15) is 39.5 Å². The smallest absolute Gasteiger partial charge is 0.240 e. The number of carbonyl (C=O) groups is 1. The van der Waals surface area contributed by atoms with Gasteiger partial charge in [0.2, 0.25) is 5.91 Å². The Balaban J connectivity index is 2.45. The largest absolute Gasteiger partial charge is 0.379 e. The molecule has 1 fully saturated rings. The highest BCUT2D eigenvalue weighted by Gasteiger charge is 2.31. The number of nitrogens with two attached hydrogens (primary N) is 1. The quantitative estimate of drug-likeness (QED) is 0.727. The van der Waals surface area contributed by atoms with Gasteiger partial charge in [-0.05, 0) is 25.7 Å². The van der Waals surface area contributed by atoms with E-state index in [1.54, 1.807) is 0 Å². The van der Waals surface area contributed by atoms with Gasteiger partial charge in [0, 0.05) is 6.61 Å². The number of carbonyl (C=O) groups excluding carboxylic acids is 1. The fourth-order valence-corrected chi connectivity index (χ4v) is 1.75. The Kier molecular flexibility index (Phi) is 4.54. The molecule has 0 radical (unpaired) electrons. The van der Waals surface area contributed by atoms with Gasteiger partial charge in [0.1, 0.15) is 0 Å². The molecule has 1 unspecified atom stereocenters. The maximum absolute atomic E-state index is 11.9. The molecule has 1 heterocycles. The molecular formula is C11H22N2O2. The molecule has 0 saturated carbocycles. The van der Waals surface area contributed by atoms with Crippen LogP contribution in [0.15, 0.2) is 0 Å². The van der Waals surface area contributed by atoms with Crippen LogP contribution < -0.4 is 11.1 Å². The second-order valence-corrected chi connectivity index (χ2v) is 4.25. The lowest BCUT2D eigenvalue weighted by Gasteiger charge is -2.30. The molecule has 4 nitrogen and oxygen atoms in total. The zero-order valence-corrected chi connectivity index (χ0v) is 9.71. The monoisotopic (exact) mass is 214 g/mol. The van der Waals surface area contributed by atoms with E-state index in [2.05, 4.69) is 5.32 Å². The highest BCUT2D eigenvalue weighted by molar-refractivity contribution is 5.86. The van der Waals surface area contributed by atoms with Gasteiger partial charge in [0.05, 0.1) is 18.2 Å². The summed E-state index contributed by atoms with van der Waals surface area (Å²) in [6, 6.07) is 0.146. The Morgan fingerprint density at radius 1 is 1.53 bits per heavy atom. The normalized spacial score (nSPS) is 22.5. The van der Waals surface area contributed by atoms with Gasteiger partial charge in [0.25, 0.3) is 0 Å². The predicted octanol–water partition coefficient (Wildman–Crippen LogP) is 0.799. The first-order valence-electron chi connectivity index (χ1n) is 5.80. The third-order valence-electron chi connectivity index (χ3n) is 3.21. The summed E-state index contributed by atoms with van der Waals surface area (Å²) in [5, 5.41) is 2.97. The van der Waals surface area contributed by atoms with Crippen molar-refractivity contribution in [3.63, 3.8) is 0 Å². The standard InChI is InChI=1S/C11H22N2O2/c1-3-11(12,4-2)10(14)13-9-6-5-7-15-8-9/h9H,3-8,12H2,1-2H3,(H,13,14). The van der Waals surface area contributed by atoms with Crippen LogP contribution in [0.3, 0.4) is 0 Å². The van der Waals surface area contributed by atoms with E-state index >= 15 is 0 Å². The lowest BCUT2D eigenvalue weighted by molar-refractivity contribution is -0.128. The second-order valence-electron chi connectivity index (χ2n) is 4.25. The van der Waals surface area contributed by atoms with E-state index in [9.17, 15) is 4.79 Å². The van der Waals surface area contributed by atoms with Crippen LogP contribution in [0.25, 0.3) is 0 Å². The molecule has 1 amide bonds. The molecule has 0 spiro atoms. The van der Waals surface area contributed by atoms with E-state index in [-0.39, 0.29) is 11.9 Å². The van der Waals surface area contributed by atoms with Crippen LogP contribution in [0.4, 0.5) is 0 Å². The molecule has 1 aliphatic heterocycles. The summed E-state index contributed by atoms with van der Waals surface area (Å²) in [5.74, 6) is -0.0389. The Bertz CT molecular complexity index is 209. The minimum atomic E-state index is -0.711. The highest BCUT2D eigenvalue weighted by Crippen LogP contribution is 2.13. The van der Waals surface area contributed by atoms with Crippen molar-refractivity contribution in [2.75, 3.05) is 13.2 Å². The van der Waals surface area contributed by atoms with Crippen molar-refractivity contribution in [2.45, 2.75) is 51.1 Å². The van der Waals surface area contributed by atoms with Crippen LogP contribution in [-0.2, 0) is 9.53 Å². The van der Waals surface area contributed by atoms with Gasteiger partial charge in [-0.1, -0.05) is 13.8 Å². The minimum absolute atomic E-state index is 0.0389. The van der Waals surface area contributed by atoms with Crippen LogP contribution in [0.5, 0.6) is 0 Å². The predicted molar refractivity (Wildman–Crippen MR) is 59.5 cm³/mol. The Morgan fingerprint density at radius 3 is 2.67 bits per heavy atom. The van der Waals surface area contributed by atoms with Crippen molar-refractivity contribution in [1.29, 1.82) is 0 Å². The van der Waals surface area contributed by atoms with E-state index < -0.39 is 5.54 Å². The van der Waals surface area contributed by atoms with Crippen LogP contribution in [-0.4, -0.2) is 30.7 Å². The summed E-state index contributed by atoms with van der Waals surface area (Å²) in [5.41, 5.74) is 5.29. The van der Waals surface area contributed by atoms with Crippen molar-refractivity contribution in [1.82, 2.24) is 5.32 Å². The molecule has 15 heavy (non-hydrogen) atoms. The third-order valence-corrected chi connectivity index (χ3v) is 3.21.